The summed E-state index contributed by atoms with van der Waals surface area (Å²) in [6, 6.07) is 4.11. The Morgan fingerprint density at radius 3 is 2.79 bits per heavy atom. The fraction of sp³-hybridized carbons (Fsp3) is 0.333. The standard InChI is InChI=1S/C15H17N3O5S/c1-3-16-15(22)18-12(19)7-23-14(21)9-4-5-11-10(6-9)17-13(20)8(2)24-11/h4-6,8H,3,7H2,1-2H3,(H,17,20)(H2,16,18,19,22). The number of hydrogen-bond donors (Lipinski definition) is 3. The number of amides is 4. The zero-order chi connectivity index (χ0) is 17.7. The first kappa shape index (κ1) is 17.8. The molecule has 0 spiro atoms. The van der Waals surface area contributed by atoms with Crippen LogP contribution in [0, 0.1) is 0 Å². The molecule has 9 heteroatoms. The highest BCUT2D eigenvalue weighted by Crippen LogP contribution is 2.35. The molecule has 0 saturated heterocycles. The quantitative estimate of drug-likeness (QED) is 0.701. The average Bonchev–Trinajstić information content (AvgIpc) is 2.53. The van der Waals surface area contributed by atoms with Crippen molar-refractivity contribution >= 4 is 41.3 Å². The van der Waals surface area contributed by atoms with Crippen LogP contribution in [0.4, 0.5) is 10.5 Å². The van der Waals surface area contributed by atoms with Gasteiger partial charge in [0.15, 0.2) is 6.61 Å². The second kappa shape index (κ2) is 7.82. The summed E-state index contributed by atoms with van der Waals surface area (Å²) in [7, 11) is 0. The Morgan fingerprint density at radius 1 is 1.33 bits per heavy atom. The van der Waals surface area contributed by atoms with Crippen LogP contribution in [-0.4, -0.2) is 42.2 Å². The third-order valence-corrected chi connectivity index (χ3v) is 4.25. The molecule has 1 aromatic rings. The van der Waals surface area contributed by atoms with Crippen molar-refractivity contribution in [2.45, 2.75) is 24.0 Å². The molecular formula is C15H17N3O5S. The van der Waals surface area contributed by atoms with Crippen molar-refractivity contribution in [2.75, 3.05) is 18.5 Å². The Kier molecular flexibility index (Phi) is 5.80. The molecule has 0 fully saturated rings. The highest BCUT2D eigenvalue weighted by atomic mass is 32.2. The molecular weight excluding hydrogens is 334 g/mol. The number of fused-ring (bicyclic) bond motifs is 1. The van der Waals surface area contributed by atoms with Crippen LogP contribution in [0.2, 0.25) is 0 Å². The van der Waals surface area contributed by atoms with Gasteiger partial charge in [-0.3, -0.25) is 14.9 Å². The maximum atomic E-state index is 12.0. The molecule has 0 radical (unpaired) electrons. The molecule has 8 nitrogen and oxygen atoms in total. The number of imide groups is 1. The van der Waals surface area contributed by atoms with Crippen molar-refractivity contribution in [3.05, 3.63) is 23.8 Å². The summed E-state index contributed by atoms with van der Waals surface area (Å²) < 4.78 is 4.86. The predicted molar refractivity (Wildman–Crippen MR) is 87.9 cm³/mol. The molecule has 1 heterocycles. The van der Waals surface area contributed by atoms with Gasteiger partial charge in [-0.25, -0.2) is 9.59 Å². The normalized spacial score (nSPS) is 15.8. The summed E-state index contributed by atoms with van der Waals surface area (Å²) in [5.74, 6) is -1.59. The van der Waals surface area contributed by atoms with Gasteiger partial charge in [-0.1, -0.05) is 0 Å². The van der Waals surface area contributed by atoms with Crippen molar-refractivity contribution in [1.82, 2.24) is 10.6 Å². The smallest absolute Gasteiger partial charge is 0.338 e. The number of ether oxygens (including phenoxy) is 1. The molecule has 24 heavy (non-hydrogen) atoms. The van der Waals surface area contributed by atoms with Crippen LogP contribution in [0.25, 0.3) is 0 Å². The van der Waals surface area contributed by atoms with Crippen LogP contribution >= 0.6 is 11.8 Å². The first-order chi connectivity index (χ1) is 11.4. The molecule has 0 aliphatic carbocycles. The van der Waals surface area contributed by atoms with Gasteiger partial charge in [0.1, 0.15) is 0 Å². The Labute approximate surface area is 142 Å². The number of thioether (sulfide) groups is 1. The van der Waals surface area contributed by atoms with Gasteiger partial charge in [0, 0.05) is 11.4 Å². The zero-order valence-electron chi connectivity index (χ0n) is 13.2. The van der Waals surface area contributed by atoms with Crippen molar-refractivity contribution in [3.8, 4) is 0 Å². The third-order valence-electron chi connectivity index (χ3n) is 3.07. The number of anilines is 1. The molecule has 1 aliphatic heterocycles. The molecule has 1 atom stereocenters. The van der Waals surface area contributed by atoms with Crippen LogP contribution < -0.4 is 16.0 Å². The van der Waals surface area contributed by atoms with E-state index in [2.05, 4.69) is 10.6 Å². The fourth-order valence-corrected chi connectivity index (χ4v) is 2.85. The summed E-state index contributed by atoms with van der Waals surface area (Å²) in [5, 5.41) is 6.91. The van der Waals surface area contributed by atoms with E-state index in [0.29, 0.717) is 12.2 Å². The maximum absolute atomic E-state index is 12.0. The molecule has 2 rings (SSSR count). The van der Waals surface area contributed by atoms with Gasteiger partial charge in [-0.2, -0.15) is 0 Å². The summed E-state index contributed by atoms with van der Waals surface area (Å²) in [5.41, 5.74) is 0.735. The summed E-state index contributed by atoms with van der Waals surface area (Å²) in [6.07, 6.45) is 0. The first-order valence-corrected chi connectivity index (χ1v) is 8.15. The molecule has 3 N–H and O–H groups in total. The van der Waals surface area contributed by atoms with E-state index < -0.39 is 24.5 Å². The molecule has 128 valence electrons. The van der Waals surface area contributed by atoms with E-state index in [1.54, 1.807) is 26.0 Å². The predicted octanol–water partition coefficient (Wildman–Crippen LogP) is 1.12. The van der Waals surface area contributed by atoms with E-state index in [0.717, 1.165) is 4.90 Å². The topological polar surface area (TPSA) is 114 Å². The van der Waals surface area contributed by atoms with Crippen molar-refractivity contribution < 1.29 is 23.9 Å². The monoisotopic (exact) mass is 351 g/mol. The second-order valence-electron chi connectivity index (χ2n) is 4.94. The minimum absolute atomic E-state index is 0.140. The summed E-state index contributed by atoms with van der Waals surface area (Å²) in [4.78, 5) is 47.1. The van der Waals surface area contributed by atoms with Crippen molar-refractivity contribution in [3.63, 3.8) is 0 Å². The number of urea groups is 1. The molecule has 1 unspecified atom stereocenters. The lowest BCUT2D eigenvalue weighted by atomic mass is 10.2. The van der Waals surface area contributed by atoms with Gasteiger partial charge in [0.25, 0.3) is 5.91 Å². The van der Waals surface area contributed by atoms with E-state index in [4.69, 9.17) is 4.74 Å². The Bertz CT molecular complexity index is 692. The largest absolute Gasteiger partial charge is 0.452 e. The lowest BCUT2D eigenvalue weighted by molar-refractivity contribution is -0.123. The van der Waals surface area contributed by atoms with Crippen LogP contribution in [0.1, 0.15) is 24.2 Å². The van der Waals surface area contributed by atoms with Gasteiger partial charge in [-0.05, 0) is 32.0 Å². The number of carbonyl (C=O) groups excluding carboxylic acids is 4. The van der Waals surface area contributed by atoms with Crippen LogP contribution in [0.5, 0.6) is 0 Å². The van der Waals surface area contributed by atoms with E-state index >= 15 is 0 Å². The Balaban J connectivity index is 1.94. The minimum Gasteiger partial charge on any atom is -0.452 e. The van der Waals surface area contributed by atoms with Crippen LogP contribution in [0.15, 0.2) is 23.1 Å². The summed E-state index contributed by atoms with van der Waals surface area (Å²) >= 11 is 1.40. The van der Waals surface area contributed by atoms with E-state index in [1.165, 1.54) is 17.8 Å². The molecule has 1 aromatic carbocycles. The number of rotatable bonds is 4. The van der Waals surface area contributed by atoms with Gasteiger partial charge < -0.3 is 15.4 Å². The molecule has 4 amide bonds. The Hall–Kier alpha value is -2.55. The fourth-order valence-electron chi connectivity index (χ4n) is 1.92. The highest BCUT2D eigenvalue weighted by molar-refractivity contribution is 8.00. The number of esters is 1. The minimum atomic E-state index is -0.732. The van der Waals surface area contributed by atoms with Gasteiger partial charge in [-0.15, -0.1) is 11.8 Å². The van der Waals surface area contributed by atoms with E-state index in [-0.39, 0.29) is 16.7 Å². The number of carbonyl (C=O) groups is 4. The number of benzene rings is 1. The Morgan fingerprint density at radius 2 is 2.08 bits per heavy atom. The highest BCUT2D eigenvalue weighted by Gasteiger charge is 2.24. The van der Waals surface area contributed by atoms with Crippen molar-refractivity contribution in [1.29, 1.82) is 0 Å². The molecule has 0 aromatic heterocycles. The number of hydrogen-bond acceptors (Lipinski definition) is 6. The SMILES string of the molecule is CCNC(=O)NC(=O)COC(=O)c1ccc2c(c1)NC(=O)C(C)S2. The maximum Gasteiger partial charge on any atom is 0.338 e. The lowest BCUT2D eigenvalue weighted by Crippen LogP contribution is -2.41. The van der Waals surface area contributed by atoms with Gasteiger partial charge in [0.2, 0.25) is 5.91 Å². The van der Waals surface area contributed by atoms with E-state index in [1.807, 2.05) is 5.32 Å². The van der Waals surface area contributed by atoms with Crippen LogP contribution in [-0.2, 0) is 14.3 Å². The second-order valence-corrected chi connectivity index (χ2v) is 6.33. The van der Waals surface area contributed by atoms with Crippen molar-refractivity contribution in [2.24, 2.45) is 0 Å². The molecule has 0 bridgehead atoms. The molecule has 0 saturated carbocycles. The van der Waals surface area contributed by atoms with E-state index in [9.17, 15) is 19.2 Å². The molecule has 1 aliphatic rings. The lowest BCUT2D eigenvalue weighted by Gasteiger charge is -2.21. The summed E-state index contributed by atoms with van der Waals surface area (Å²) in [6.45, 7) is 3.29. The number of nitrogens with one attached hydrogen (secondary N) is 3. The van der Waals surface area contributed by atoms with Gasteiger partial charge >= 0.3 is 12.0 Å². The van der Waals surface area contributed by atoms with Gasteiger partial charge in [0.05, 0.1) is 16.5 Å². The average molecular weight is 351 g/mol. The first-order valence-electron chi connectivity index (χ1n) is 7.27. The van der Waals surface area contributed by atoms with Crippen LogP contribution in [0.3, 0.4) is 0 Å². The third kappa shape index (κ3) is 4.48. The zero-order valence-corrected chi connectivity index (χ0v) is 14.0.